The lowest BCUT2D eigenvalue weighted by Gasteiger charge is -2.26. The highest BCUT2D eigenvalue weighted by molar-refractivity contribution is 5.98. The van der Waals surface area contributed by atoms with Gasteiger partial charge < -0.3 is 53.6 Å². The van der Waals surface area contributed by atoms with Crippen molar-refractivity contribution < 1.29 is 61.7 Å². The molecule has 6 amide bonds. The number of halogens is 3. The first-order valence-corrected chi connectivity index (χ1v) is 23.4. The highest BCUT2D eigenvalue weighted by Gasteiger charge is 2.34. The summed E-state index contributed by atoms with van der Waals surface area (Å²) in [5, 5.41) is 50.6. The predicted octanol–water partition coefficient (Wildman–Crippen LogP) is 0.733. The van der Waals surface area contributed by atoms with Crippen molar-refractivity contribution in [1.82, 2.24) is 52.3 Å². The number of carbonyl (C=O) groups is 8. The van der Waals surface area contributed by atoms with Gasteiger partial charge in [-0.15, -0.1) is 20.4 Å². The fourth-order valence-corrected chi connectivity index (χ4v) is 7.50. The molecule has 74 heavy (non-hydrogen) atoms. The zero-order chi connectivity index (χ0) is 53.8. The fraction of sp³-hybridized carbons (Fsp3) is 0.396. The lowest BCUT2D eigenvalue weighted by atomic mass is 10.0. The maximum absolute atomic E-state index is 14.1. The minimum Gasteiger partial charge on any atom is -0.508 e. The topological polar surface area (TPSA) is 365 Å². The Balaban J connectivity index is 1.16. The summed E-state index contributed by atoms with van der Waals surface area (Å²) in [4.78, 5) is 109. The lowest BCUT2D eigenvalue weighted by molar-refractivity contribution is -0.141. The molecule has 1 aliphatic heterocycles. The highest BCUT2D eigenvalue weighted by Crippen LogP contribution is 2.30. The van der Waals surface area contributed by atoms with E-state index in [4.69, 9.17) is 11.5 Å². The van der Waals surface area contributed by atoms with Crippen LogP contribution in [0.3, 0.4) is 0 Å². The third-order valence-corrected chi connectivity index (χ3v) is 11.3. The highest BCUT2D eigenvalue weighted by atomic mass is 19.4. The van der Waals surface area contributed by atoms with Crippen LogP contribution in [0.4, 0.5) is 13.2 Å². The molecule has 1 fully saturated rings. The number of hydrogen-bond acceptors (Lipinski definition) is 14. The number of aliphatic carboxylic acids is 1. The Morgan fingerprint density at radius 2 is 1.30 bits per heavy atom. The summed E-state index contributed by atoms with van der Waals surface area (Å²) in [6.45, 7) is -0.472. The number of amides is 6. The number of benzene rings is 3. The number of carbonyl (C=O) groups excluding carboxylic acids is 7. The Hall–Kier alpha value is -8.58. The number of carboxylic acids is 1. The second kappa shape index (κ2) is 27.3. The molecule has 4 atom stereocenters. The van der Waals surface area contributed by atoms with E-state index in [1.165, 1.54) is 36.4 Å². The Morgan fingerprint density at radius 1 is 0.689 bits per heavy atom. The molecule has 0 bridgehead atoms. The molecule has 12 N–H and O–H groups in total. The van der Waals surface area contributed by atoms with Crippen LogP contribution in [0.2, 0.25) is 0 Å². The Bertz CT molecular complexity index is 2650. The van der Waals surface area contributed by atoms with E-state index >= 15 is 0 Å². The van der Waals surface area contributed by atoms with Crippen molar-refractivity contribution in [3.05, 3.63) is 89.5 Å². The molecule has 5 rings (SSSR count). The van der Waals surface area contributed by atoms with E-state index in [1.807, 2.05) is 0 Å². The van der Waals surface area contributed by atoms with Gasteiger partial charge in [0, 0.05) is 49.9 Å². The second-order valence-corrected chi connectivity index (χ2v) is 17.2. The number of phenols is 1. The number of alkyl halides is 3. The summed E-state index contributed by atoms with van der Waals surface area (Å²) < 4.78 is 38.8. The number of nitrogens with zero attached hydrogens (tertiary/aromatic N) is 5. The van der Waals surface area contributed by atoms with Crippen molar-refractivity contribution in [1.29, 1.82) is 0 Å². The Morgan fingerprint density at radius 3 is 1.95 bits per heavy atom. The average Bonchev–Trinajstić information content (AvgIpc) is 3.35. The van der Waals surface area contributed by atoms with E-state index in [-0.39, 0.29) is 106 Å². The van der Waals surface area contributed by atoms with Crippen LogP contribution in [-0.4, -0.2) is 128 Å². The van der Waals surface area contributed by atoms with Crippen LogP contribution in [0.1, 0.15) is 74.5 Å². The van der Waals surface area contributed by atoms with Crippen molar-refractivity contribution >= 4 is 53.2 Å². The van der Waals surface area contributed by atoms with Crippen LogP contribution in [0.15, 0.2) is 77.8 Å². The van der Waals surface area contributed by atoms with Gasteiger partial charge in [0.15, 0.2) is 5.96 Å². The third-order valence-electron chi connectivity index (χ3n) is 11.3. The number of aromatic hydroxyl groups is 1. The molecule has 3 aromatic carbocycles. The maximum atomic E-state index is 14.1. The van der Waals surface area contributed by atoms with Gasteiger partial charge in [-0.05, 0) is 80.0 Å². The van der Waals surface area contributed by atoms with Gasteiger partial charge in [0.25, 0.3) is 0 Å². The van der Waals surface area contributed by atoms with Gasteiger partial charge in [-0.3, -0.25) is 43.3 Å². The number of hydrogen-bond donors (Lipinski definition) is 10. The molecule has 26 heteroatoms. The molecule has 2 heterocycles. The van der Waals surface area contributed by atoms with Crippen LogP contribution in [0, 0.1) is 0 Å². The van der Waals surface area contributed by atoms with Crippen molar-refractivity contribution in [3.63, 3.8) is 0 Å². The van der Waals surface area contributed by atoms with Crippen LogP contribution in [0.5, 0.6) is 5.75 Å². The lowest BCUT2D eigenvalue weighted by Crippen LogP contribution is -2.58. The summed E-state index contributed by atoms with van der Waals surface area (Å²) in [5.41, 5.74) is 11.9. The summed E-state index contributed by atoms with van der Waals surface area (Å²) in [6.07, 6.45) is -4.47. The maximum Gasteiger partial charge on any atom is 0.416 e. The number of aliphatic imine (C=N–C) groups is 1. The fourth-order valence-electron chi connectivity index (χ4n) is 7.50. The molecule has 0 spiro atoms. The van der Waals surface area contributed by atoms with Crippen molar-refractivity contribution in [2.75, 3.05) is 19.6 Å². The minimum absolute atomic E-state index is 0.0197. The SMILES string of the molecule is NC(N)=NCCC[C@@H]1NC(=O)CNC(=O)[C@H](CC(=O)O)NC(=O)[C@@H](Cc2ccc(O)cc2)NC(=O)[C@H](CCCCNC(=O)CCCC(=O)Cc2cccc(-c3nnc(-c4ccc(C(F)(F)F)cc4)nn3)c2)NC1=O. The van der Waals surface area contributed by atoms with Gasteiger partial charge in [-0.2, -0.15) is 13.2 Å². The molecule has 1 aromatic heterocycles. The molecule has 0 unspecified atom stereocenters. The van der Waals surface area contributed by atoms with E-state index in [0.29, 0.717) is 28.7 Å². The number of Topliss-reactive ketones (excluding diaryl/α,β-unsaturated/α-hetero) is 1. The van der Waals surface area contributed by atoms with E-state index in [1.54, 1.807) is 24.3 Å². The largest absolute Gasteiger partial charge is 0.508 e. The van der Waals surface area contributed by atoms with Crippen LogP contribution < -0.4 is 43.4 Å². The summed E-state index contributed by atoms with van der Waals surface area (Å²) in [6, 6.07) is 11.0. The van der Waals surface area contributed by atoms with E-state index in [2.05, 4.69) is 57.3 Å². The standard InChI is InChI=1S/C48H56F3N13O10/c49-48(50,51)31-16-14-29(15-17-31)41-61-63-42(64-62-41)30-7-3-6-28(22-30)23-33(66)8-4-11-38(67)54-20-2-1-9-35-45(73)59-36(24-27-12-18-32(65)19-13-27)46(74)60-37(25-40(69)70)43(71)56-26-39(68)57-34(44(72)58-35)10-5-21-55-47(52)53/h3,6-7,12-19,22,34-37,65H,1-2,4-5,8-11,20-21,23-26H2,(H,54,67)(H,56,71)(H,57,68)(H,58,72)(H,59,73)(H,60,74)(H,69,70)(H4,52,53,55)/t34-,35-,36+,37-/m0/s1. The Labute approximate surface area is 421 Å². The number of nitrogens with one attached hydrogen (secondary N) is 6. The smallest absolute Gasteiger partial charge is 0.416 e. The molecular weight excluding hydrogens is 976 g/mol. The normalized spacial score (nSPS) is 17.7. The van der Waals surface area contributed by atoms with Gasteiger partial charge in [-0.1, -0.05) is 42.5 Å². The summed E-state index contributed by atoms with van der Waals surface area (Å²) in [5.74, 6) is -6.52. The molecule has 1 aliphatic rings. The number of nitrogens with two attached hydrogens (primary N) is 2. The number of aromatic nitrogens is 4. The van der Waals surface area contributed by atoms with Crippen LogP contribution >= 0.6 is 0 Å². The van der Waals surface area contributed by atoms with Gasteiger partial charge in [0.1, 0.15) is 35.7 Å². The van der Waals surface area contributed by atoms with Crippen LogP contribution in [0.25, 0.3) is 22.8 Å². The monoisotopic (exact) mass is 1030 g/mol. The molecule has 4 aromatic rings. The van der Waals surface area contributed by atoms with Crippen molar-refractivity contribution in [2.24, 2.45) is 16.5 Å². The number of unbranched alkanes of at least 4 members (excludes halogenated alkanes) is 1. The molecule has 23 nitrogen and oxygen atoms in total. The third kappa shape index (κ3) is 18.5. The van der Waals surface area contributed by atoms with Gasteiger partial charge >= 0.3 is 12.1 Å². The average molecular weight is 1030 g/mol. The predicted molar refractivity (Wildman–Crippen MR) is 258 cm³/mol. The molecule has 1 saturated heterocycles. The van der Waals surface area contributed by atoms with E-state index < -0.39 is 84.4 Å². The van der Waals surface area contributed by atoms with Gasteiger partial charge in [0.2, 0.25) is 47.1 Å². The Kier molecular flexibility index (Phi) is 20.8. The summed E-state index contributed by atoms with van der Waals surface area (Å²) >= 11 is 0. The van der Waals surface area contributed by atoms with Crippen molar-refractivity contribution in [2.45, 2.75) is 101 Å². The first-order chi connectivity index (χ1) is 35.2. The van der Waals surface area contributed by atoms with Crippen molar-refractivity contribution in [3.8, 4) is 28.5 Å². The van der Waals surface area contributed by atoms with Crippen LogP contribution in [-0.2, 0) is 57.4 Å². The molecule has 0 radical (unpaired) electrons. The second-order valence-electron chi connectivity index (χ2n) is 17.2. The number of ketones is 1. The molecular formula is C48H56F3N13O10. The van der Waals surface area contributed by atoms with Gasteiger partial charge in [-0.25, -0.2) is 0 Å². The number of phenolic OH excluding ortho intramolecular Hbond substituents is 1. The minimum atomic E-state index is -4.49. The molecule has 0 saturated carbocycles. The zero-order valence-corrected chi connectivity index (χ0v) is 39.8. The number of guanidine groups is 1. The number of rotatable bonds is 21. The van der Waals surface area contributed by atoms with E-state index in [0.717, 1.165) is 12.1 Å². The zero-order valence-electron chi connectivity index (χ0n) is 39.8. The first-order valence-electron chi connectivity index (χ1n) is 23.4. The molecule has 0 aliphatic carbocycles. The summed E-state index contributed by atoms with van der Waals surface area (Å²) in [7, 11) is 0. The van der Waals surface area contributed by atoms with Gasteiger partial charge in [0.05, 0.1) is 18.5 Å². The van der Waals surface area contributed by atoms with E-state index in [9.17, 15) is 61.7 Å². The quantitative estimate of drug-likeness (QED) is 0.0312. The first kappa shape index (κ1) is 56.3. The molecule has 394 valence electrons. The number of carboxylic acid groups (broad SMARTS) is 1.